The van der Waals surface area contributed by atoms with Crippen LogP contribution < -0.4 is 0 Å². The van der Waals surface area contributed by atoms with E-state index in [-0.39, 0.29) is 18.2 Å². The molecule has 0 radical (unpaired) electrons. The van der Waals surface area contributed by atoms with E-state index in [2.05, 4.69) is 32.7 Å². The normalized spacial score (nSPS) is 15.0. The molecule has 0 aromatic heterocycles. The van der Waals surface area contributed by atoms with E-state index in [1.54, 1.807) is 0 Å². The molecule has 0 rings (SSSR count). The second kappa shape index (κ2) is 19.8. The maximum Gasteiger partial charge on any atom is 0.0721 e. The molecule has 0 heterocycles. The third kappa shape index (κ3) is 14.5. The summed E-state index contributed by atoms with van der Waals surface area (Å²) in [5.41, 5.74) is -0.216. The number of aliphatic hydroxyl groups is 2. The summed E-state index contributed by atoms with van der Waals surface area (Å²) in [6, 6.07) is 0. The Morgan fingerprint density at radius 1 is 0.690 bits per heavy atom. The molecule has 3 nitrogen and oxygen atoms in total. The van der Waals surface area contributed by atoms with Crippen molar-refractivity contribution in [2.24, 2.45) is 0 Å². The Hall–Kier alpha value is -0.120. The number of likely N-dealkylation sites (N-methyl/N-ethyl adjacent to an activating group) is 1. The molecule has 29 heavy (non-hydrogen) atoms. The van der Waals surface area contributed by atoms with E-state index in [4.69, 9.17) is 0 Å². The molecule has 2 N–H and O–H groups in total. The number of hydrogen-bond donors (Lipinski definition) is 2. The van der Waals surface area contributed by atoms with E-state index in [1.165, 1.54) is 96.3 Å². The van der Waals surface area contributed by atoms with Crippen molar-refractivity contribution in [3.63, 3.8) is 0 Å². The van der Waals surface area contributed by atoms with Gasteiger partial charge in [0.05, 0.1) is 12.7 Å². The van der Waals surface area contributed by atoms with Gasteiger partial charge in [-0.2, -0.15) is 0 Å². The topological polar surface area (TPSA) is 43.7 Å². The van der Waals surface area contributed by atoms with Gasteiger partial charge in [-0.25, -0.2) is 0 Å². The lowest BCUT2D eigenvalue weighted by atomic mass is 9.84. The van der Waals surface area contributed by atoms with Gasteiger partial charge >= 0.3 is 0 Å². The van der Waals surface area contributed by atoms with Crippen LogP contribution in [0, 0.1) is 0 Å². The SMILES string of the molecule is CCCCCCCCCCC(O)C(C)(CCCCCCCCCC)N(C)CCO. The molecule has 0 fully saturated rings. The minimum Gasteiger partial charge on any atom is -0.395 e. The van der Waals surface area contributed by atoms with Crippen LogP contribution in [-0.2, 0) is 0 Å². The lowest BCUT2D eigenvalue weighted by molar-refractivity contribution is -0.0262. The number of aliphatic hydroxyl groups excluding tert-OH is 2. The number of rotatable bonds is 22. The summed E-state index contributed by atoms with van der Waals surface area (Å²) < 4.78 is 0. The van der Waals surface area contributed by atoms with Crippen LogP contribution in [0.3, 0.4) is 0 Å². The zero-order chi connectivity index (χ0) is 21.8. The fraction of sp³-hybridized carbons (Fsp3) is 1.00. The molecule has 0 bridgehead atoms. The van der Waals surface area contributed by atoms with Gasteiger partial charge in [-0.15, -0.1) is 0 Å². The quantitative estimate of drug-likeness (QED) is 0.186. The Labute approximate surface area is 183 Å². The molecule has 0 amide bonds. The van der Waals surface area contributed by atoms with Crippen LogP contribution in [0.15, 0.2) is 0 Å². The predicted molar refractivity (Wildman–Crippen MR) is 129 cm³/mol. The van der Waals surface area contributed by atoms with Gasteiger partial charge in [0.15, 0.2) is 0 Å². The smallest absolute Gasteiger partial charge is 0.0721 e. The largest absolute Gasteiger partial charge is 0.395 e. The number of hydrogen-bond acceptors (Lipinski definition) is 3. The standard InChI is InChI=1S/C26H55NO2/c1-5-7-9-11-13-15-17-19-21-25(29)26(3,27(4)23-24-28)22-20-18-16-14-12-10-8-6-2/h25,28-29H,5-24H2,1-4H3. The zero-order valence-electron chi connectivity index (χ0n) is 20.6. The summed E-state index contributed by atoms with van der Waals surface area (Å²) in [5, 5.41) is 20.4. The van der Waals surface area contributed by atoms with Crippen LogP contribution in [-0.4, -0.2) is 47.0 Å². The van der Waals surface area contributed by atoms with E-state index in [0.717, 1.165) is 19.3 Å². The molecular formula is C26H55NO2. The highest BCUT2D eigenvalue weighted by molar-refractivity contribution is 4.91. The van der Waals surface area contributed by atoms with E-state index in [1.807, 2.05) is 0 Å². The van der Waals surface area contributed by atoms with Crippen LogP contribution in [0.25, 0.3) is 0 Å². The van der Waals surface area contributed by atoms with Crippen LogP contribution >= 0.6 is 0 Å². The summed E-state index contributed by atoms with van der Waals surface area (Å²) in [4.78, 5) is 2.20. The molecule has 0 aliphatic heterocycles. The summed E-state index contributed by atoms with van der Waals surface area (Å²) in [6.07, 6.45) is 22.6. The Morgan fingerprint density at radius 3 is 1.55 bits per heavy atom. The Balaban J connectivity index is 4.18. The lowest BCUT2D eigenvalue weighted by Gasteiger charge is -2.43. The fourth-order valence-electron chi connectivity index (χ4n) is 4.42. The van der Waals surface area contributed by atoms with Gasteiger partial charge in [-0.1, -0.05) is 117 Å². The lowest BCUT2D eigenvalue weighted by Crippen LogP contribution is -2.53. The molecule has 3 heteroatoms. The first-order valence-electron chi connectivity index (χ1n) is 13.0. The Bertz CT molecular complexity index is 337. The third-order valence-corrected chi connectivity index (χ3v) is 6.89. The molecule has 0 aromatic rings. The highest BCUT2D eigenvalue weighted by atomic mass is 16.3. The predicted octanol–water partition coefficient (Wildman–Crippen LogP) is 7.09. The Kier molecular flexibility index (Phi) is 19.7. The molecule has 0 aliphatic carbocycles. The van der Waals surface area contributed by atoms with Crippen molar-refractivity contribution in [3.05, 3.63) is 0 Å². The number of unbranched alkanes of at least 4 members (excludes halogenated alkanes) is 14. The molecule has 0 spiro atoms. The average Bonchev–Trinajstić information content (AvgIpc) is 2.71. The molecule has 0 aromatic carbocycles. The molecule has 2 unspecified atom stereocenters. The van der Waals surface area contributed by atoms with Crippen molar-refractivity contribution in [1.29, 1.82) is 0 Å². The van der Waals surface area contributed by atoms with E-state index in [0.29, 0.717) is 6.54 Å². The number of β-amino-alcohol motifs (C(OH)–C–C–N with tert-alkyl or cyclic N) is 1. The van der Waals surface area contributed by atoms with Crippen molar-refractivity contribution in [2.45, 2.75) is 148 Å². The highest BCUT2D eigenvalue weighted by Crippen LogP contribution is 2.29. The zero-order valence-corrected chi connectivity index (χ0v) is 20.6. The molecule has 0 saturated heterocycles. The summed E-state index contributed by atoms with van der Waals surface area (Å²) in [6.45, 7) is 7.54. The molecular weight excluding hydrogens is 358 g/mol. The fourth-order valence-corrected chi connectivity index (χ4v) is 4.42. The summed E-state index contributed by atoms with van der Waals surface area (Å²) in [5.74, 6) is 0. The second-order valence-electron chi connectivity index (χ2n) is 9.51. The van der Waals surface area contributed by atoms with Crippen molar-refractivity contribution in [3.8, 4) is 0 Å². The van der Waals surface area contributed by atoms with Gasteiger partial charge in [-0.05, 0) is 26.8 Å². The molecule has 176 valence electrons. The maximum absolute atomic E-state index is 11.0. The van der Waals surface area contributed by atoms with Crippen molar-refractivity contribution in [2.75, 3.05) is 20.2 Å². The number of nitrogens with zero attached hydrogens (tertiary/aromatic N) is 1. The van der Waals surface area contributed by atoms with Gasteiger partial charge < -0.3 is 10.2 Å². The molecule has 2 atom stereocenters. The van der Waals surface area contributed by atoms with Gasteiger partial charge in [0, 0.05) is 12.1 Å². The molecule has 0 saturated carbocycles. The van der Waals surface area contributed by atoms with Crippen molar-refractivity contribution >= 4 is 0 Å². The van der Waals surface area contributed by atoms with Gasteiger partial charge in [0.1, 0.15) is 0 Å². The minimum absolute atomic E-state index is 0.161. The van der Waals surface area contributed by atoms with Crippen LogP contribution in [0.1, 0.15) is 136 Å². The van der Waals surface area contributed by atoms with Crippen LogP contribution in [0.4, 0.5) is 0 Å². The summed E-state index contributed by atoms with van der Waals surface area (Å²) >= 11 is 0. The molecule has 0 aliphatic rings. The van der Waals surface area contributed by atoms with Gasteiger partial charge in [0.25, 0.3) is 0 Å². The van der Waals surface area contributed by atoms with E-state index >= 15 is 0 Å². The van der Waals surface area contributed by atoms with Gasteiger partial charge in [0.2, 0.25) is 0 Å². The first-order chi connectivity index (χ1) is 14.0. The summed E-state index contributed by atoms with van der Waals surface area (Å²) in [7, 11) is 2.07. The van der Waals surface area contributed by atoms with Crippen LogP contribution in [0.2, 0.25) is 0 Å². The highest BCUT2D eigenvalue weighted by Gasteiger charge is 2.35. The van der Waals surface area contributed by atoms with E-state index in [9.17, 15) is 10.2 Å². The minimum atomic E-state index is -0.302. The first-order valence-corrected chi connectivity index (χ1v) is 13.0. The average molecular weight is 414 g/mol. The van der Waals surface area contributed by atoms with Crippen molar-refractivity contribution < 1.29 is 10.2 Å². The van der Waals surface area contributed by atoms with E-state index < -0.39 is 0 Å². The first kappa shape index (κ1) is 28.9. The third-order valence-electron chi connectivity index (χ3n) is 6.89. The maximum atomic E-state index is 11.0. The van der Waals surface area contributed by atoms with Crippen LogP contribution in [0.5, 0.6) is 0 Å². The Morgan fingerprint density at radius 2 is 1.10 bits per heavy atom. The monoisotopic (exact) mass is 413 g/mol. The van der Waals surface area contributed by atoms with Crippen molar-refractivity contribution in [1.82, 2.24) is 4.90 Å². The second-order valence-corrected chi connectivity index (χ2v) is 9.51. The van der Waals surface area contributed by atoms with Gasteiger partial charge in [-0.3, -0.25) is 4.90 Å².